The molecule has 0 aliphatic carbocycles. The lowest BCUT2D eigenvalue weighted by Gasteiger charge is -2.13. The first kappa shape index (κ1) is 15.1. The van der Waals surface area contributed by atoms with Crippen molar-refractivity contribution >= 4 is 0 Å². The van der Waals surface area contributed by atoms with Gasteiger partial charge in [-0.1, -0.05) is 31.5 Å². The summed E-state index contributed by atoms with van der Waals surface area (Å²) in [6.45, 7) is 4.20. The van der Waals surface area contributed by atoms with Crippen LogP contribution in [0.3, 0.4) is 0 Å². The molecule has 0 bridgehead atoms. The van der Waals surface area contributed by atoms with Gasteiger partial charge in [-0.2, -0.15) is 5.26 Å². The summed E-state index contributed by atoms with van der Waals surface area (Å²) in [4.78, 5) is 4.30. The summed E-state index contributed by atoms with van der Waals surface area (Å²) in [5, 5.41) is 8.95. The summed E-state index contributed by atoms with van der Waals surface area (Å²) in [5.74, 6) is 0.985. The molecule has 0 spiro atoms. The molecule has 0 unspecified atom stereocenters. The standard InChI is InChI=1S/C20H19N3/c1-3-4-18-13-19(23-12-11-22-15(23)2)9-10-20(18)17-7-5-16(14-21)6-8-17/h5-13H,3-4H2,1-2H3. The van der Waals surface area contributed by atoms with Gasteiger partial charge in [0.05, 0.1) is 11.6 Å². The van der Waals surface area contributed by atoms with E-state index in [2.05, 4.69) is 40.7 Å². The molecule has 1 aromatic heterocycles. The van der Waals surface area contributed by atoms with Crippen LogP contribution in [0.1, 0.15) is 30.3 Å². The van der Waals surface area contributed by atoms with E-state index in [0.29, 0.717) is 5.56 Å². The summed E-state index contributed by atoms with van der Waals surface area (Å²) >= 11 is 0. The van der Waals surface area contributed by atoms with Crippen LogP contribution in [-0.2, 0) is 6.42 Å². The third kappa shape index (κ3) is 3.02. The molecule has 0 aliphatic heterocycles. The second-order valence-corrected chi connectivity index (χ2v) is 5.63. The Hall–Kier alpha value is -2.86. The van der Waals surface area contributed by atoms with Gasteiger partial charge in [-0.3, -0.25) is 0 Å². The van der Waals surface area contributed by atoms with Gasteiger partial charge in [0.25, 0.3) is 0 Å². The van der Waals surface area contributed by atoms with Crippen LogP contribution in [0.4, 0.5) is 0 Å². The van der Waals surface area contributed by atoms with Crippen molar-refractivity contribution in [1.29, 1.82) is 5.26 Å². The van der Waals surface area contributed by atoms with Crippen LogP contribution in [0, 0.1) is 18.3 Å². The van der Waals surface area contributed by atoms with Crippen molar-refractivity contribution in [3.63, 3.8) is 0 Å². The Morgan fingerprint density at radius 2 is 1.91 bits per heavy atom. The van der Waals surface area contributed by atoms with Crippen molar-refractivity contribution in [1.82, 2.24) is 9.55 Å². The van der Waals surface area contributed by atoms with E-state index in [0.717, 1.165) is 29.9 Å². The lowest BCUT2D eigenvalue weighted by Crippen LogP contribution is -1.98. The van der Waals surface area contributed by atoms with Gasteiger partial charge in [0.1, 0.15) is 5.82 Å². The number of aryl methyl sites for hydroxylation is 2. The maximum Gasteiger partial charge on any atom is 0.110 e. The van der Waals surface area contributed by atoms with Gasteiger partial charge in [-0.25, -0.2) is 4.98 Å². The predicted molar refractivity (Wildman–Crippen MR) is 92.4 cm³/mol. The molecular weight excluding hydrogens is 282 g/mol. The minimum atomic E-state index is 0.691. The number of aromatic nitrogens is 2. The summed E-state index contributed by atoms with van der Waals surface area (Å²) in [6.07, 6.45) is 5.93. The molecular formula is C20H19N3. The van der Waals surface area contributed by atoms with Crippen LogP contribution in [0.15, 0.2) is 54.9 Å². The monoisotopic (exact) mass is 301 g/mol. The van der Waals surface area contributed by atoms with E-state index in [1.807, 2.05) is 43.6 Å². The molecule has 0 fully saturated rings. The van der Waals surface area contributed by atoms with Crippen LogP contribution >= 0.6 is 0 Å². The van der Waals surface area contributed by atoms with E-state index in [9.17, 15) is 0 Å². The number of hydrogen-bond acceptors (Lipinski definition) is 2. The molecule has 1 heterocycles. The highest BCUT2D eigenvalue weighted by Gasteiger charge is 2.08. The number of nitrogens with zero attached hydrogens (tertiary/aromatic N) is 3. The normalized spacial score (nSPS) is 10.5. The topological polar surface area (TPSA) is 41.6 Å². The molecule has 3 rings (SSSR count). The van der Waals surface area contributed by atoms with Crippen molar-refractivity contribution < 1.29 is 0 Å². The highest BCUT2D eigenvalue weighted by molar-refractivity contribution is 5.69. The Morgan fingerprint density at radius 1 is 1.13 bits per heavy atom. The Labute approximate surface area is 136 Å². The van der Waals surface area contributed by atoms with Crippen LogP contribution in [0.25, 0.3) is 16.8 Å². The van der Waals surface area contributed by atoms with Gasteiger partial charge in [0.2, 0.25) is 0 Å². The average Bonchev–Trinajstić information content (AvgIpc) is 3.01. The van der Waals surface area contributed by atoms with Crippen molar-refractivity contribution in [3.05, 3.63) is 71.8 Å². The molecule has 3 nitrogen and oxygen atoms in total. The number of benzene rings is 2. The van der Waals surface area contributed by atoms with Crippen molar-refractivity contribution in [2.75, 3.05) is 0 Å². The van der Waals surface area contributed by atoms with E-state index < -0.39 is 0 Å². The van der Waals surface area contributed by atoms with Gasteiger partial charge in [-0.05, 0) is 54.3 Å². The molecule has 0 radical (unpaired) electrons. The fourth-order valence-corrected chi connectivity index (χ4v) is 2.86. The first-order valence-electron chi connectivity index (χ1n) is 7.86. The van der Waals surface area contributed by atoms with E-state index >= 15 is 0 Å². The Morgan fingerprint density at radius 3 is 2.52 bits per heavy atom. The maximum atomic E-state index is 8.95. The Balaban J connectivity index is 2.06. The van der Waals surface area contributed by atoms with Gasteiger partial charge in [-0.15, -0.1) is 0 Å². The quantitative estimate of drug-likeness (QED) is 0.702. The van der Waals surface area contributed by atoms with E-state index in [-0.39, 0.29) is 0 Å². The smallest absolute Gasteiger partial charge is 0.110 e. The van der Waals surface area contributed by atoms with E-state index in [1.54, 1.807) is 0 Å². The van der Waals surface area contributed by atoms with Crippen molar-refractivity contribution in [3.8, 4) is 22.9 Å². The van der Waals surface area contributed by atoms with Crippen LogP contribution in [0.5, 0.6) is 0 Å². The molecule has 0 N–H and O–H groups in total. The second kappa shape index (κ2) is 6.50. The molecule has 0 atom stereocenters. The SMILES string of the molecule is CCCc1cc(-n2ccnc2C)ccc1-c1ccc(C#N)cc1. The van der Waals surface area contributed by atoms with Crippen LogP contribution in [0.2, 0.25) is 0 Å². The Bertz CT molecular complexity index is 851. The maximum absolute atomic E-state index is 8.95. The summed E-state index contributed by atoms with van der Waals surface area (Å²) in [7, 11) is 0. The van der Waals surface area contributed by atoms with Gasteiger partial charge in [0.15, 0.2) is 0 Å². The van der Waals surface area contributed by atoms with Crippen molar-refractivity contribution in [2.45, 2.75) is 26.7 Å². The molecule has 3 heteroatoms. The summed E-state index contributed by atoms with van der Waals surface area (Å²) in [5.41, 5.74) is 5.54. The third-order valence-corrected chi connectivity index (χ3v) is 4.04. The summed E-state index contributed by atoms with van der Waals surface area (Å²) < 4.78 is 2.10. The molecule has 3 aromatic rings. The highest BCUT2D eigenvalue weighted by Crippen LogP contribution is 2.28. The number of hydrogen-bond donors (Lipinski definition) is 0. The molecule has 0 saturated heterocycles. The highest BCUT2D eigenvalue weighted by atomic mass is 15.1. The largest absolute Gasteiger partial charge is 0.304 e. The minimum Gasteiger partial charge on any atom is -0.304 e. The molecule has 0 aliphatic rings. The Kier molecular flexibility index (Phi) is 4.25. The molecule has 2 aromatic carbocycles. The molecule has 0 amide bonds. The average molecular weight is 301 g/mol. The van der Waals surface area contributed by atoms with Crippen LogP contribution < -0.4 is 0 Å². The zero-order valence-electron chi connectivity index (χ0n) is 13.5. The van der Waals surface area contributed by atoms with Crippen LogP contribution in [-0.4, -0.2) is 9.55 Å². The lowest BCUT2D eigenvalue weighted by atomic mass is 9.95. The lowest BCUT2D eigenvalue weighted by molar-refractivity contribution is 0.913. The van der Waals surface area contributed by atoms with E-state index in [4.69, 9.17) is 5.26 Å². The zero-order valence-corrected chi connectivity index (χ0v) is 13.5. The van der Waals surface area contributed by atoms with Gasteiger partial charge < -0.3 is 4.57 Å². The molecule has 114 valence electrons. The summed E-state index contributed by atoms with van der Waals surface area (Å²) in [6, 6.07) is 16.5. The zero-order chi connectivity index (χ0) is 16.2. The van der Waals surface area contributed by atoms with Crippen molar-refractivity contribution in [2.24, 2.45) is 0 Å². The third-order valence-electron chi connectivity index (χ3n) is 4.04. The number of nitriles is 1. The predicted octanol–water partition coefficient (Wildman–Crippen LogP) is 4.67. The minimum absolute atomic E-state index is 0.691. The van der Waals surface area contributed by atoms with E-state index in [1.165, 1.54) is 11.1 Å². The second-order valence-electron chi connectivity index (χ2n) is 5.63. The first-order chi connectivity index (χ1) is 11.2. The van der Waals surface area contributed by atoms with Gasteiger partial charge >= 0.3 is 0 Å². The molecule has 0 saturated carbocycles. The number of rotatable bonds is 4. The van der Waals surface area contributed by atoms with Gasteiger partial charge in [0, 0.05) is 18.1 Å². The molecule has 23 heavy (non-hydrogen) atoms. The number of imidazole rings is 1. The first-order valence-corrected chi connectivity index (χ1v) is 7.86. The fourth-order valence-electron chi connectivity index (χ4n) is 2.86. The fraction of sp³-hybridized carbons (Fsp3) is 0.200.